The number of unbranched alkanes of at least 4 members (excludes halogenated alkanes) is 1. The molecule has 1 aliphatic heterocycles. The van der Waals surface area contributed by atoms with Crippen molar-refractivity contribution >= 4 is 0 Å². The second-order valence-electron chi connectivity index (χ2n) is 4.44. The first-order chi connectivity index (χ1) is 7.30. The summed E-state index contributed by atoms with van der Waals surface area (Å²) in [5.74, 6) is 0. The Labute approximate surface area is 94.0 Å². The zero-order chi connectivity index (χ0) is 11.1. The van der Waals surface area contributed by atoms with E-state index in [1.54, 1.807) is 0 Å². The Kier molecular flexibility index (Phi) is 6.22. The Morgan fingerprint density at radius 2 is 2.00 bits per heavy atom. The van der Waals surface area contributed by atoms with Gasteiger partial charge in [0.1, 0.15) is 0 Å². The second-order valence-corrected chi connectivity index (χ2v) is 4.44. The molecule has 0 aromatic heterocycles. The summed E-state index contributed by atoms with van der Waals surface area (Å²) in [6.45, 7) is 8.58. The molecule has 0 radical (unpaired) electrons. The maximum Gasteiger partial charge on any atom is 0.0707 e. The van der Waals surface area contributed by atoms with Crippen LogP contribution in [0.2, 0.25) is 0 Å². The quantitative estimate of drug-likeness (QED) is 0.700. The van der Waals surface area contributed by atoms with Crippen LogP contribution in [0.4, 0.5) is 0 Å². The molecular weight excluding hydrogens is 188 g/mol. The van der Waals surface area contributed by atoms with Crippen molar-refractivity contribution in [2.45, 2.75) is 51.7 Å². The second kappa shape index (κ2) is 7.20. The molecule has 1 saturated heterocycles. The van der Waals surface area contributed by atoms with Crippen molar-refractivity contribution in [2.24, 2.45) is 5.73 Å². The van der Waals surface area contributed by atoms with Crippen LogP contribution in [0.3, 0.4) is 0 Å². The molecule has 3 nitrogen and oxygen atoms in total. The third-order valence-corrected chi connectivity index (χ3v) is 3.20. The minimum atomic E-state index is 0.319. The zero-order valence-electron chi connectivity index (χ0n) is 10.2. The van der Waals surface area contributed by atoms with E-state index in [9.17, 15) is 0 Å². The smallest absolute Gasteiger partial charge is 0.0707 e. The Morgan fingerprint density at radius 3 is 2.53 bits per heavy atom. The maximum atomic E-state index is 5.86. The fourth-order valence-corrected chi connectivity index (χ4v) is 2.14. The van der Waals surface area contributed by atoms with Crippen molar-refractivity contribution in [3.63, 3.8) is 0 Å². The van der Waals surface area contributed by atoms with Gasteiger partial charge in [-0.2, -0.15) is 0 Å². The predicted molar refractivity (Wildman–Crippen MR) is 64.0 cm³/mol. The molecule has 90 valence electrons. The monoisotopic (exact) mass is 214 g/mol. The van der Waals surface area contributed by atoms with E-state index in [0.29, 0.717) is 18.8 Å². The zero-order valence-corrected chi connectivity index (χ0v) is 10.2. The first kappa shape index (κ1) is 12.9. The minimum absolute atomic E-state index is 0.319. The summed E-state index contributed by atoms with van der Waals surface area (Å²) in [6.07, 6.45) is 5.64. The van der Waals surface area contributed by atoms with Crippen molar-refractivity contribution in [3.8, 4) is 0 Å². The molecule has 0 amide bonds. The van der Waals surface area contributed by atoms with Crippen LogP contribution >= 0.6 is 0 Å². The van der Waals surface area contributed by atoms with Gasteiger partial charge in [-0.3, -0.25) is 0 Å². The van der Waals surface area contributed by atoms with Crippen LogP contribution in [0.15, 0.2) is 0 Å². The average Bonchev–Trinajstić information content (AvgIpc) is 2.71. The van der Waals surface area contributed by atoms with Gasteiger partial charge in [-0.05, 0) is 32.4 Å². The van der Waals surface area contributed by atoms with Crippen LogP contribution in [-0.4, -0.2) is 43.3 Å². The first-order valence-electron chi connectivity index (χ1n) is 6.38. The summed E-state index contributed by atoms with van der Waals surface area (Å²) < 4.78 is 5.86. The van der Waals surface area contributed by atoms with Crippen molar-refractivity contribution < 1.29 is 4.74 Å². The lowest BCUT2D eigenvalue weighted by Gasteiger charge is -2.23. The highest BCUT2D eigenvalue weighted by Crippen LogP contribution is 2.19. The van der Waals surface area contributed by atoms with Gasteiger partial charge in [0.25, 0.3) is 0 Å². The van der Waals surface area contributed by atoms with Crippen molar-refractivity contribution in [3.05, 3.63) is 0 Å². The van der Waals surface area contributed by atoms with Crippen molar-refractivity contribution in [2.75, 3.05) is 26.2 Å². The number of likely N-dealkylation sites (N-methyl/N-ethyl adjacent to an activating group) is 1. The summed E-state index contributed by atoms with van der Waals surface area (Å²) in [5, 5.41) is 0. The lowest BCUT2D eigenvalue weighted by atomic mass is 10.2. The van der Waals surface area contributed by atoms with Crippen molar-refractivity contribution in [1.29, 1.82) is 0 Å². The molecule has 0 aromatic carbocycles. The SMILES string of the molecule is CCCCN(CC)CC1CCC(CN)O1. The van der Waals surface area contributed by atoms with E-state index in [0.717, 1.165) is 19.5 Å². The average molecular weight is 214 g/mol. The minimum Gasteiger partial charge on any atom is -0.372 e. The van der Waals surface area contributed by atoms with Gasteiger partial charge in [-0.25, -0.2) is 0 Å². The van der Waals surface area contributed by atoms with Crippen LogP contribution < -0.4 is 5.73 Å². The number of hydrogen-bond donors (Lipinski definition) is 1. The molecular formula is C12H26N2O. The van der Waals surface area contributed by atoms with E-state index in [1.165, 1.54) is 25.8 Å². The van der Waals surface area contributed by atoms with Crippen LogP contribution in [0.25, 0.3) is 0 Å². The van der Waals surface area contributed by atoms with Gasteiger partial charge in [-0.1, -0.05) is 20.3 Å². The lowest BCUT2D eigenvalue weighted by Crippen LogP contribution is -2.34. The molecule has 1 rings (SSSR count). The molecule has 0 aliphatic carbocycles. The molecule has 0 aromatic rings. The third-order valence-electron chi connectivity index (χ3n) is 3.20. The largest absolute Gasteiger partial charge is 0.372 e. The van der Waals surface area contributed by atoms with E-state index in [2.05, 4.69) is 18.7 Å². The number of nitrogens with two attached hydrogens (primary N) is 1. The standard InChI is InChI=1S/C12H26N2O/c1-3-5-8-14(4-2)10-12-7-6-11(9-13)15-12/h11-12H,3-10,13H2,1-2H3. The molecule has 0 saturated carbocycles. The van der Waals surface area contributed by atoms with Crippen LogP contribution in [0, 0.1) is 0 Å². The van der Waals surface area contributed by atoms with Gasteiger partial charge >= 0.3 is 0 Å². The first-order valence-corrected chi connectivity index (χ1v) is 6.38. The van der Waals surface area contributed by atoms with E-state index < -0.39 is 0 Å². The summed E-state index contributed by atoms with van der Waals surface area (Å²) in [4.78, 5) is 2.49. The van der Waals surface area contributed by atoms with Crippen LogP contribution in [0.5, 0.6) is 0 Å². The van der Waals surface area contributed by atoms with E-state index in [4.69, 9.17) is 10.5 Å². The third kappa shape index (κ3) is 4.49. The van der Waals surface area contributed by atoms with Crippen molar-refractivity contribution in [1.82, 2.24) is 4.90 Å². The summed E-state index contributed by atoms with van der Waals surface area (Å²) >= 11 is 0. The Morgan fingerprint density at radius 1 is 1.27 bits per heavy atom. The molecule has 1 heterocycles. The van der Waals surface area contributed by atoms with Gasteiger partial charge in [0, 0.05) is 13.1 Å². The molecule has 3 heteroatoms. The molecule has 0 bridgehead atoms. The summed E-state index contributed by atoms with van der Waals surface area (Å²) in [6, 6.07) is 0. The maximum absolute atomic E-state index is 5.86. The summed E-state index contributed by atoms with van der Waals surface area (Å²) in [5.41, 5.74) is 5.60. The predicted octanol–water partition coefficient (Wildman–Crippen LogP) is 1.61. The number of hydrogen-bond acceptors (Lipinski definition) is 3. The highest BCUT2D eigenvalue weighted by Gasteiger charge is 2.25. The van der Waals surface area contributed by atoms with E-state index >= 15 is 0 Å². The van der Waals surface area contributed by atoms with E-state index in [1.807, 2.05) is 0 Å². The normalized spacial score (nSPS) is 26.4. The fraction of sp³-hybridized carbons (Fsp3) is 1.00. The molecule has 2 N–H and O–H groups in total. The van der Waals surface area contributed by atoms with Gasteiger partial charge in [0.15, 0.2) is 0 Å². The highest BCUT2D eigenvalue weighted by molar-refractivity contribution is 4.76. The fourth-order valence-electron chi connectivity index (χ4n) is 2.14. The molecule has 2 atom stereocenters. The van der Waals surface area contributed by atoms with Crippen LogP contribution in [0.1, 0.15) is 39.5 Å². The van der Waals surface area contributed by atoms with E-state index in [-0.39, 0.29) is 0 Å². The van der Waals surface area contributed by atoms with Crippen LogP contribution in [-0.2, 0) is 4.74 Å². The Hall–Kier alpha value is -0.120. The molecule has 1 aliphatic rings. The van der Waals surface area contributed by atoms with Gasteiger partial charge in [-0.15, -0.1) is 0 Å². The summed E-state index contributed by atoms with van der Waals surface area (Å²) in [7, 11) is 0. The Bertz CT molecular complexity index is 164. The molecule has 15 heavy (non-hydrogen) atoms. The number of nitrogens with zero attached hydrogens (tertiary/aromatic N) is 1. The molecule has 2 unspecified atom stereocenters. The number of rotatable bonds is 7. The van der Waals surface area contributed by atoms with Gasteiger partial charge in [0.2, 0.25) is 0 Å². The Balaban J connectivity index is 2.20. The molecule has 1 fully saturated rings. The molecule has 0 spiro atoms. The van der Waals surface area contributed by atoms with Gasteiger partial charge in [0.05, 0.1) is 12.2 Å². The lowest BCUT2D eigenvalue weighted by molar-refractivity contribution is 0.0278. The van der Waals surface area contributed by atoms with Gasteiger partial charge < -0.3 is 15.4 Å². The highest BCUT2D eigenvalue weighted by atomic mass is 16.5. The number of ether oxygens (including phenoxy) is 1. The topological polar surface area (TPSA) is 38.5 Å².